The van der Waals surface area contributed by atoms with Crippen molar-refractivity contribution in [2.24, 2.45) is 0 Å². The molecule has 0 saturated carbocycles. The van der Waals surface area contributed by atoms with Crippen LogP contribution in [0.15, 0.2) is 54.4 Å². The number of amides is 1. The van der Waals surface area contributed by atoms with Crippen LogP contribution in [0.3, 0.4) is 0 Å². The van der Waals surface area contributed by atoms with Crippen LogP contribution >= 0.6 is 0 Å². The number of carbonyl (C=O) groups excluding carboxylic acids is 1. The Morgan fingerprint density at radius 2 is 2.04 bits per heavy atom. The number of H-pyrrole nitrogens is 1. The molecule has 0 fully saturated rings. The number of rotatable bonds is 2. The highest BCUT2D eigenvalue weighted by Gasteiger charge is 2.18. The molecule has 2 aliphatic rings. The normalized spacial score (nSPS) is 16.6. The maximum atomic E-state index is 12.0. The second-order valence-electron chi connectivity index (χ2n) is 7.34. The van der Waals surface area contributed by atoms with Gasteiger partial charge in [0.1, 0.15) is 5.65 Å². The van der Waals surface area contributed by atoms with Gasteiger partial charge in [-0.15, -0.1) is 0 Å². The summed E-state index contributed by atoms with van der Waals surface area (Å²) in [6.07, 6.45) is 11.5. The van der Waals surface area contributed by atoms with E-state index in [1.54, 1.807) is 0 Å². The molecule has 4 heteroatoms. The Morgan fingerprint density at radius 1 is 1.11 bits per heavy atom. The van der Waals surface area contributed by atoms with E-state index in [0.29, 0.717) is 6.54 Å². The van der Waals surface area contributed by atoms with E-state index in [9.17, 15) is 4.79 Å². The van der Waals surface area contributed by atoms with Crippen LogP contribution in [0.2, 0.25) is 0 Å². The van der Waals surface area contributed by atoms with Crippen molar-refractivity contribution in [2.45, 2.75) is 26.2 Å². The molecule has 0 bridgehead atoms. The molecule has 0 spiro atoms. The molecule has 3 aromatic rings. The summed E-state index contributed by atoms with van der Waals surface area (Å²) >= 11 is 0. The fourth-order valence-corrected chi connectivity index (χ4v) is 4.11. The van der Waals surface area contributed by atoms with Gasteiger partial charge >= 0.3 is 0 Å². The standard InChI is InChI=1S/C23H21N3O.2H2/c1-14-4-2-3-5-18(14)17-11-20-21(13-26-22(20)25-12-17)15-6-7-19-16(10-15)8-9-24-23(19)27;;/h3,5-7,10-13H,2,4,8-9H2,1H3,(H,24,27)(H,25,26);2*1H. The van der Waals surface area contributed by atoms with Crippen LogP contribution in [0.5, 0.6) is 0 Å². The second-order valence-corrected chi connectivity index (χ2v) is 7.34. The molecular weight excluding hydrogens is 334 g/mol. The van der Waals surface area contributed by atoms with E-state index in [1.807, 2.05) is 24.5 Å². The molecule has 0 unspecified atom stereocenters. The number of nitrogens with one attached hydrogen (secondary N) is 2. The predicted octanol–water partition coefficient (Wildman–Crippen LogP) is 5.13. The Morgan fingerprint density at radius 3 is 2.93 bits per heavy atom. The van der Waals surface area contributed by atoms with Crippen LogP contribution in [0, 0.1) is 0 Å². The number of carbonyl (C=O) groups is 1. The summed E-state index contributed by atoms with van der Waals surface area (Å²) in [4.78, 5) is 19.9. The molecule has 138 valence electrons. The third-order valence-corrected chi connectivity index (χ3v) is 5.61. The van der Waals surface area contributed by atoms with Crippen molar-refractivity contribution >= 4 is 22.5 Å². The zero-order valence-corrected chi connectivity index (χ0v) is 15.3. The number of benzene rings is 1. The van der Waals surface area contributed by atoms with Gasteiger partial charge in [0.15, 0.2) is 0 Å². The molecule has 2 N–H and O–H groups in total. The molecule has 0 saturated heterocycles. The summed E-state index contributed by atoms with van der Waals surface area (Å²) in [6, 6.07) is 8.35. The van der Waals surface area contributed by atoms with Gasteiger partial charge in [-0.05, 0) is 55.0 Å². The van der Waals surface area contributed by atoms with Crippen LogP contribution in [-0.2, 0) is 6.42 Å². The Hall–Kier alpha value is -3.14. The molecular formula is C23H25N3O. The maximum Gasteiger partial charge on any atom is 0.251 e. The van der Waals surface area contributed by atoms with Crippen molar-refractivity contribution in [3.63, 3.8) is 0 Å². The van der Waals surface area contributed by atoms with Gasteiger partial charge in [0.2, 0.25) is 0 Å². The van der Waals surface area contributed by atoms with E-state index in [2.05, 4.69) is 46.5 Å². The highest BCUT2D eigenvalue weighted by Crippen LogP contribution is 2.33. The average Bonchev–Trinajstić information content (AvgIpc) is 3.11. The molecule has 1 aliphatic carbocycles. The van der Waals surface area contributed by atoms with Crippen molar-refractivity contribution in [3.8, 4) is 11.1 Å². The van der Waals surface area contributed by atoms with Crippen molar-refractivity contribution in [2.75, 3.05) is 6.54 Å². The largest absolute Gasteiger partial charge is 0.352 e. The third kappa shape index (κ3) is 2.69. The lowest BCUT2D eigenvalue weighted by molar-refractivity contribution is 0.0946. The van der Waals surface area contributed by atoms with Gasteiger partial charge in [-0.2, -0.15) is 0 Å². The number of pyridine rings is 1. The van der Waals surface area contributed by atoms with Crippen LogP contribution < -0.4 is 5.32 Å². The van der Waals surface area contributed by atoms with Gasteiger partial charge in [-0.3, -0.25) is 4.79 Å². The quantitative estimate of drug-likeness (QED) is 0.666. The summed E-state index contributed by atoms with van der Waals surface area (Å²) in [7, 11) is 0. The van der Waals surface area contributed by atoms with E-state index < -0.39 is 0 Å². The van der Waals surface area contributed by atoms with E-state index in [1.165, 1.54) is 11.1 Å². The molecule has 1 aliphatic heterocycles. The lowest BCUT2D eigenvalue weighted by atomic mass is 9.92. The fraction of sp³-hybridized carbons (Fsp3) is 0.217. The molecule has 3 heterocycles. The maximum absolute atomic E-state index is 12.0. The lowest BCUT2D eigenvalue weighted by Crippen LogP contribution is -2.31. The van der Waals surface area contributed by atoms with Gasteiger partial charge in [-0.1, -0.05) is 29.9 Å². The summed E-state index contributed by atoms with van der Waals surface area (Å²) in [5.74, 6) is 0.0252. The topological polar surface area (TPSA) is 57.8 Å². The Bertz CT molecular complexity index is 1140. The smallest absolute Gasteiger partial charge is 0.251 e. The summed E-state index contributed by atoms with van der Waals surface area (Å²) in [6.45, 7) is 2.91. The number of allylic oxidation sites excluding steroid dienone is 4. The Kier molecular flexibility index (Phi) is 3.71. The molecule has 27 heavy (non-hydrogen) atoms. The van der Waals surface area contributed by atoms with E-state index in [0.717, 1.165) is 58.1 Å². The number of hydrogen-bond donors (Lipinski definition) is 2. The number of nitrogens with zero attached hydrogens (tertiary/aromatic N) is 1. The fourth-order valence-electron chi connectivity index (χ4n) is 4.11. The molecule has 1 amide bonds. The van der Waals surface area contributed by atoms with Gasteiger partial charge in [0.05, 0.1) is 0 Å². The average molecular weight is 359 g/mol. The third-order valence-electron chi connectivity index (χ3n) is 5.61. The summed E-state index contributed by atoms with van der Waals surface area (Å²) < 4.78 is 0. The second kappa shape index (κ2) is 6.23. The first-order valence-electron chi connectivity index (χ1n) is 9.46. The van der Waals surface area contributed by atoms with Crippen LogP contribution in [0.25, 0.3) is 27.7 Å². The SMILES string of the molecule is CC1=C(c2cnc3[nH]cc(-c4ccc5c(c4)CCNC5=O)c3c2)C=CCC1.[HH].[HH]. The monoisotopic (exact) mass is 359 g/mol. The van der Waals surface area contributed by atoms with Crippen LogP contribution in [0.1, 0.15) is 44.1 Å². The minimum Gasteiger partial charge on any atom is -0.352 e. The van der Waals surface area contributed by atoms with Gasteiger partial charge in [-0.25, -0.2) is 4.98 Å². The highest BCUT2D eigenvalue weighted by atomic mass is 16.1. The first kappa shape index (κ1) is 16.1. The molecule has 0 atom stereocenters. The lowest BCUT2D eigenvalue weighted by Gasteiger charge is -2.17. The first-order valence-corrected chi connectivity index (χ1v) is 9.46. The minimum absolute atomic E-state index is 0. The Labute approximate surface area is 161 Å². The molecule has 1 aromatic carbocycles. The van der Waals surface area contributed by atoms with Gasteiger partial charge in [0, 0.05) is 43.9 Å². The van der Waals surface area contributed by atoms with Crippen molar-refractivity contribution in [1.29, 1.82) is 0 Å². The molecule has 0 radical (unpaired) electrons. The van der Waals surface area contributed by atoms with Crippen molar-refractivity contribution in [3.05, 3.63) is 71.1 Å². The zero-order chi connectivity index (χ0) is 18.4. The molecule has 5 rings (SSSR count). The van der Waals surface area contributed by atoms with Crippen LogP contribution in [-0.4, -0.2) is 22.4 Å². The van der Waals surface area contributed by atoms with E-state index in [4.69, 9.17) is 0 Å². The number of fused-ring (bicyclic) bond motifs is 2. The van der Waals surface area contributed by atoms with Crippen molar-refractivity contribution in [1.82, 2.24) is 15.3 Å². The minimum atomic E-state index is 0. The molecule has 4 nitrogen and oxygen atoms in total. The summed E-state index contributed by atoms with van der Waals surface area (Å²) in [5.41, 5.74) is 8.90. The van der Waals surface area contributed by atoms with E-state index >= 15 is 0 Å². The van der Waals surface area contributed by atoms with Crippen molar-refractivity contribution < 1.29 is 7.65 Å². The predicted molar refractivity (Wildman–Crippen MR) is 113 cm³/mol. The van der Waals surface area contributed by atoms with E-state index in [-0.39, 0.29) is 8.76 Å². The number of hydrogen-bond acceptors (Lipinski definition) is 2. The summed E-state index contributed by atoms with van der Waals surface area (Å²) in [5, 5.41) is 4.02. The zero-order valence-electron chi connectivity index (χ0n) is 15.3. The van der Waals surface area contributed by atoms with Crippen LogP contribution in [0.4, 0.5) is 0 Å². The first-order chi connectivity index (χ1) is 13.2. The number of aromatic nitrogens is 2. The Balaban J connectivity index is 0.00000120. The molecule has 2 aromatic heterocycles. The van der Waals surface area contributed by atoms with Gasteiger partial charge < -0.3 is 10.3 Å². The van der Waals surface area contributed by atoms with Gasteiger partial charge in [0.25, 0.3) is 5.91 Å². The highest BCUT2D eigenvalue weighted by molar-refractivity contribution is 5.99. The number of aromatic amines is 1.